The van der Waals surface area contributed by atoms with Crippen molar-refractivity contribution in [2.75, 3.05) is 13.2 Å². The highest BCUT2D eigenvalue weighted by Gasteiger charge is 2.31. The van der Waals surface area contributed by atoms with Gasteiger partial charge in [-0.2, -0.15) is 0 Å². The van der Waals surface area contributed by atoms with E-state index in [-0.39, 0.29) is 5.75 Å². The van der Waals surface area contributed by atoms with Crippen LogP contribution in [-0.2, 0) is 13.1 Å². The van der Waals surface area contributed by atoms with Crippen LogP contribution in [0.2, 0.25) is 5.02 Å². The molecular formula is C21H17ClF3N3O2. The molecule has 1 aliphatic rings. The highest BCUT2D eigenvalue weighted by Crippen LogP contribution is 2.31. The van der Waals surface area contributed by atoms with Gasteiger partial charge in [0.1, 0.15) is 23.9 Å². The summed E-state index contributed by atoms with van der Waals surface area (Å²) in [6, 6.07) is 11.5. The van der Waals surface area contributed by atoms with Gasteiger partial charge in [-0.25, -0.2) is 9.97 Å². The van der Waals surface area contributed by atoms with Crippen LogP contribution in [0.15, 0.2) is 54.9 Å². The Balaban J connectivity index is 1.52. The maximum absolute atomic E-state index is 12.3. The number of alkyl halides is 3. The van der Waals surface area contributed by atoms with E-state index in [4.69, 9.17) is 16.3 Å². The first-order valence-corrected chi connectivity index (χ1v) is 9.54. The van der Waals surface area contributed by atoms with Crippen molar-refractivity contribution >= 4 is 11.6 Å². The van der Waals surface area contributed by atoms with E-state index in [2.05, 4.69) is 19.6 Å². The van der Waals surface area contributed by atoms with Crippen molar-refractivity contribution in [1.82, 2.24) is 14.9 Å². The topological polar surface area (TPSA) is 47.5 Å². The summed E-state index contributed by atoms with van der Waals surface area (Å²) in [5, 5.41) is 0.486. The summed E-state index contributed by atoms with van der Waals surface area (Å²) in [5.74, 6) is 1.20. The lowest BCUT2D eigenvalue weighted by Crippen LogP contribution is -2.26. The third kappa shape index (κ3) is 5.20. The molecule has 0 N–H and O–H groups in total. The molecule has 4 rings (SSSR count). The van der Waals surface area contributed by atoms with Crippen LogP contribution < -0.4 is 9.47 Å². The minimum atomic E-state index is -4.71. The van der Waals surface area contributed by atoms with Crippen LogP contribution in [-0.4, -0.2) is 34.4 Å². The Kier molecular flexibility index (Phi) is 5.78. The molecule has 2 aromatic carbocycles. The minimum Gasteiger partial charge on any atom is -0.492 e. The van der Waals surface area contributed by atoms with Gasteiger partial charge >= 0.3 is 6.36 Å². The Morgan fingerprint density at radius 2 is 1.73 bits per heavy atom. The lowest BCUT2D eigenvalue weighted by atomic mass is 10.0. The van der Waals surface area contributed by atoms with Gasteiger partial charge in [-0.3, -0.25) is 4.90 Å². The Hall–Kier alpha value is -2.84. The van der Waals surface area contributed by atoms with Gasteiger partial charge in [-0.1, -0.05) is 29.8 Å². The predicted octanol–water partition coefficient (Wildman–Crippen LogP) is 5.09. The van der Waals surface area contributed by atoms with Gasteiger partial charge < -0.3 is 9.47 Å². The number of halogens is 4. The molecule has 1 aromatic heterocycles. The van der Waals surface area contributed by atoms with Crippen LogP contribution in [0.25, 0.3) is 11.1 Å². The molecule has 3 aromatic rings. The van der Waals surface area contributed by atoms with Crippen molar-refractivity contribution in [3.05, 3.63) is 71.3 Å². The standard InChI is InChI=1S/C21H17ClF3N3O2/c22-17-10-26-20(27-11-17)13-28-7-8-29-19-6-3-15(9-16(19)12-28)14-1-4-18(5-2-14)30-21(23,24)25/h1-6,9-11H,7-8,12-13H2. The third-order valence-electron chi connectivity index (χ3n) is 4.58. The van der Waals surface area contributed by atoms with Crippen LogP contribution in [0.1, 0.15) is 11.4 Å². The Labute approximate surface area is 176 Å². The fourth-order valence-electron chi connectivity index (χ4n) is 3.23. The van der Waals surface area contributed by atoms with Crippen LogP contribution in [0.3, 0.4) is 0 Å². The average Bonchev–Trinajstić information content (AvgIpc) is 2.90. The second-order valence-corrected chi connectivity index (χ2v) is 7.21. The van der Waals surface area contributed by atoms with Crippen LogP contribution in [0.5, 0.6) is 11.5 Å². The zero-order valence-corrected chi connectivity index (χ0v) is 16.5. The van der Waals surface area contributed by atoms with E-state index in [1.807, 2.05) is 18.2 Å². The number of aromatic nitrogens is 2. The summed E-state index contributed by atoms with van der Waals surface area (Å²) < 4.78 is 46.8. The van der Waals surface area contributed by atoms with E-state index in [0.29, 0.717) is 37.1 Å². The first-order chi connectivity index (χ1) is 14.4. The molecule has 30 heavy (non-hydrogen) atoms. The van der Waals surface area contributed by atoms with Crippen molar-refractivity contribution in [1.29, 1.82) is 0 Å². The molecule has 1 aliphatic heterocycles. The molecule has 9 heteroatoms. The molecule has 156 valence electrons. The summed E-state index contributed by atoms with van der Waals surface area (Å²) in [7, 11) is 0. The number of fused-ring (bicyclic) bond motifs is 1. The maximum Gasteiger partial charge on any atom is 0.573 e. The molecule has 5 nitrogen and oxygen atoms in total. The molecular weight excluding hydrogens is 419 g/mol. The number of hydrogen-bond acceptors (Lipinski definition) is 5. The van der Waals surface area contributed by atoms with Crippen LogP contribution >= 0.6 is 11.6 Å². The number of benzene rings is 2. The fourth-order valence-corrected chi connectivity index (χ4v) is 3.33. The van der Waals surface area contributed by atoms with E-state index in [9.17, 15) is 13.2 Å². The van der Waals surface area contributed by atoms with Gasteiger partial charge in [-0.05, 0) is 35.4 Å². The van der Waals surface area contributed by atoms with E-state index < -0.39 is 6.36 Å². The van der Waals surface area contributed by atoms with Crippen LogP contribution in [0, 0.1) is 0 Å². The van der Waals surface area contributed by atoms with Crippen molar-refractivity contribution < 1.29 is 22.6 Å². The normalized spacial score (nSPS) is 14.5. The number of rotatable bonds is 4. The summed E-state index contributed by atoms with van der Waals surface area (Å²) >= 11 is 5.84. The molecule has 2 heterocycles. The molecule has 0 atom stereocenters. The van der Waals surface area contributed by atoms with E-state index in [0.717, 1.165) is 22.4 Å². The van der Waals surface area contributed by atoms with E-state index >= 15 is 0 Å². The maximum atomic E-state index is 12.3. The molecule has 0 radical (unpaired) electrons. The fraction of sp³-hybridized carbons (Fsp3) is 0.238. The van der Waals surface area contributed by atoms with Gasteiger partial charge in [0, 0.05) is 31.0 Å². The third-order valence-corrected chi connectivity index (χ3v) is 4.77. The molecule has 0 saturated carbocycles. The van der Waals surface area contributed by atoms with Gasteiger partial charge in [0.25, 0.3) is 0 Å². The number of ether oxygens (including phenoxy) is 2. The summed E-state index contributed by atoms with van der Waals surface area (Å²) in [4.78, 5) is 10.6. The molecule has 0 amide bonds. The van der Waals surface area contributed by atoms with Gasteiger partial charge in [0.05, 0.1) is 11.6 Å². The molecule has 0 fully saturated rings. The summed E-state index contributed by atoms with van der Waals surface area (Å²) in [5.41, 5.74) is 2.64. The number of nitrogens with zero attached hydrogens (tertiary/aromatic N) is 3. The highest BCUT2D eigenvalue weighted by molar-refractivity contribution is 6.30. The first kappa shape index (κ1) is 20.4. The van der Waals surface area contributed by atoms with E-state index in [1.165, 1.54) is 12.1 Å². The monoisotopic (exact) mass is 435 g/mol. The lowest BCUT2D eigenvalue weighted by Gasteiger charge is -2.18. The summed E-state index contributed by atoms with van der Waals surface area (Å²) in [6.45, 7) is 2.42. The second-order valence-electron chi connectivity index (χ2n) is 6.77. The SMILES string of the molecule is FC(F)(F)Oc1ccc(-c2ccc3c(c2)CN(Cc2ncc(Cl)cn2)CCO3)cc1. The average molecular weight is 436 g/mol. The predicted molar refractivity (Wildman–Crippen MR) is 105 cm³/mol. The van der Waals surface area contributed by atoms with Gasteiger partial charge in [0.15, 0.2) is 0 Å². The Morgan fingerprint density at radius 3 is 2.43 bits per heavy atom. The van der Waals surface area contributed by atoms with Crippen molar-refractivity contribution in [3.8, 4) is 22.6 Å². The van der Waals surface area contributed by atoms with Gasteiger partial charge in [0.2, 0.25) is 0 Å². The molecule has 0 bridgehead atoms. The zero-order valence-electron chi connectivity index (χ0n) is 15.7. The molecule has 0 spiro atoms. The van der Waals surface area contributed by atoms with E-state index in [1.54, 1.807) is 24.5 Å². The number of hydrogen-bond donors (Lipinski definition) is 0. The minimum absolute atomic E-state index is 0.251. The molecule has 0 aliphatic carbocycles. The molecule has 0 unspecified atom stereocenters. The van der Waals surface area contributed by atoms with Crippen LogP contribution in [0.4, 0.5) is 13.2 Å². The lowest BCUT2D eigenvalue weighted by molar-refractivity contribution is -0.274. The summed E-state index contributed by atoms with van der Waals surface area (Å²) in [6.07, 6.45) is -1.58. The zero-order chi connectivity index (χ0) is 21.1. The Morgan fingerprint density at radius 1 is 1.03 bits per heavy atom. The largest absolute Gasteiger partial charge is 0.573 e. The molecule has 0 saturated heterocycles. The first-order valence-electron chi connectivity index (χ1n) is 9.16. The second kappa shape index (κ2) is 8.49. The van der Waals surface area contributed by atoms with Crippen molar-refractivity contribution in [2.45, 2.75) is 19.5 Å². The highest BCUT2D eigenvalue weighted by atomic mass is 35.5. The Bertz CT molecular complexity index is 1010. The smallest absolute Gasteiger partial charge is 0.492 e. The van der Waals surface area contributed by atoms with Gasteiger partial charge in [-0.15, -0.1) is 13.2 Å². The van der Waals surface area contributed by atoms with Crippen molar-refractivity contribution in [3.63, 3.8) is 0 Å². The van der Waals surface area contributed by atoms with Crippen molar-refractivity contribution in [2.24, 2.45) is 0 Å². The quantitative estimate of drug-likeness (QED) is 0.571.